The van der Waals surface area contributed by atoms with Gasteiger partial charge in [-0.25, -0.2) is 4.99 Å². The Morgan fingerprint density at radius 2 is 2.14 bits per heavy atom. The zero-order chi connectivity index (χ0) is 16.2. The van der Waals surface area contributed by atoms with Gasteiger partial charge in [0, 0.05) is 13.1 Å². The summed E-state index contributed by atoms with van der Waals surface area (Å²) in [5.74, 6) is 0.967. The molecule has 0 saturated carbocycles. The highest BCUT2D eigenvalue weighted by Gasteiger charge is 2.02. The first kappa shape index (κ1) is 17.8. The Morgan fingerprint density at radius 1 is 1.32 bits per heavy atom. The molecule has 0 saturated heterocycles. The van der Waals surface area contributed by atoms with Gasteiger partial charge in [0.1, 0.15) is 5.75 Å². The molecule has 0 atom stereocenters. The topological polar surface area (TPSA) is 88.7 Å². The number of carbonyl (C=O) groups is 1. The average Bonchev–Trinajstić information content (AvgIpc) is 2.52. The van der Waals surface area contributed by atoms with Crippen molar-refractivity contribution in [2.75, 3.05) is 19.7 Å². The minimum Gasteiger partial charge on any atom is -0.484 e. The van der Waals surface area contributed by atoms with Crippen LogP contribution in [0.15, 0.2) is 29.3 Å². The number of unbranched alkanes of at least 4 members (excludes halogenated alkanes) is 1. The van der Waals surface area contributed by atoms with Crippen LogP contribution in [0.4, 0.5) is 0 Å². The standard InChI is InChI=1S/C16H26N4O2/c1-3-5-9-19-16(17)20-11-13-7-6-8-14(10-13)22-12-15(21)18-4-2/h6-8,10H,3-5,9,11-12H2,1-2H3,(H,18,21)(H3,17,19,20). The molecule has 0 aliphatic heterocycles. The second-order valence-corrected chi connectivity index (χ2v) is 4.87. The van der Waals surface area contributed by atoms with Crippen LogP contribution in [0.5, 0.6) is 5.75 Å². The zero-order valence-corrected chi connectivity index (χ0v) is 13.4. The molecular weight excluding hydrogens is 280 g/mol. The summed E-state index contributed by atoms with van der Waals surface area (Å²) in [4.78, 5) is 15.6. The van der Waals surface area contributed by atoms with Crippen molar-refractivity contribution in [1.82, 2.24) is 10.6 Å². The van der Waals surface area contributed by atoms with Crippen LogP contribution >= 0.6 is 0 Å². The smallest absolute Gasteiger partial charge is 0.257 e. The molecule has 0 spiro atoms. The van der Waals surface area contributed by atoms with Crippen molar-refractivity contribution in [2.24, 2.45) is 10.7 Å². The minimum absolute atomic E-state index is 0.0152. The molecule has 22 heavy (non-hydrogen) atoms. The maximum absolute atomic E-state index is 11.4. The first-order chi connectivity index (χ1) is 10.7. The molecule has 0 heterocycles. The Labute approximate surface area is 132 Å². The monoisotopic (exact) mass is 306 g/mol. The molecule has 1 aromatic rings. The van der Waals surface area contributed by atoms with Crippen LogP contribution in [0, 0.1) is 0 Å². The average molecular weight is 306 g/mol. The third-order valence-electron chi connectivity index (χ3n) is 2.91. The van der Waals surface area contributed by atoms with E-state index in [1.165, 1.54) is 0 Å². The third kappa shape index (κ3) is 7.52. The number of amides is 1. The van der Waals surface area contributed by atoms with Crippen LogP contribution in [0.3, 0.4) is 0 Å². The number of benzene rings is 1. The number of hydrogen-bond donors (Lipinski definition) is 3. The Hall–Kier alpha value is -2.24. The minimum atomic E-state index is -0.129. The summed E-state index contributed by atoms with van der Waals surface area (Å²) >= 11 is 0. The molecule has 0 radical (unpaired) electrons. The van der Waals surface area contributed by atoms with Gasteiger partial charge in [-0.05, 0) is 31.0 Å². The second-order valence-electron chi connectivity index (χ2n) is 4.87. The number of nitrogens with one attached hydrogen (secondary N) is 2. The molecule has 0 aliphatic carbocycles. The fourth-order valence-electron chi connectivity index (χ4n) is 1.76. The van der Waals surface area contributed by atoms with Crippen molar-refractivity contribution in [1.29, 1.82) is 0 Å². The second kappa shape index (κ2) is 10.5. The highest BCUT2D eigenvalue weighted by Crippen LogP contribution is 2.13. The molecule has 6 heteroatoms. The molecule has 0 bridgehead atoms. The zero-order valence-electron chi connectivity index (χ0n) is 13.4. The number of nitrogens with two attached hydrogens (primary N) is 1. The van der Waals surface area contributed by atoms with Gasteiger partial charge in [-0.2, -0.15) is 0 Å². The molecule has 4 N–H and O–H groups in total. The Morgan fingerprint density at radius 3 is 2.86 bits per heavy atom. The first-order valence-electron chi connectivity index (χ1n) is 7.68. The Kier molecular flexibility index (Phi) is 8.49. The summed E-state index contributed by atoms with van der Waals surface area (Å²) in [5, 5.41) is 5.75. The maximum atomic E-state index is 11.4. The van der Waals surface area contributed by atoms with Gasteiger partial charge in [0.05, 0.1) is 6.54 Å². The quantitative estimate of drug-likeness (QED) is 0.365. The van der Waals surface area contributed by atoms with Gasteiger partial charge in [0.15, 0.2) is 12.6 Å². The summed E-state index contributed by atoms with van der Waals surface area (Å²) in [6.45, 7) is 5.92. The molecule has 1 aromatic carbocycles. The number of rotatable bonds is 9. The van der Waals surface area contributed by atoms with Crippen molar-refractivity contribution >= 4 is 11.9 Å². The number of likely N-dealkylation sites (N-methyl/N-ethyl adjacent to an activating group) is 1. The summed E-state index contributed by atoms with van der Waals surface area (Å²) < 4.78 is 5.44. The van der Waals surface area contributed by atoms with Crippen molar-refractivity contribution < 1.29 is 9.53 Å². The van der Waals surface area contributed by atoms with Gasteiger partial charge in [-0.1, -0.05) is 25.5 Å². The van der Waals surface area contributed by atoms with E-state index in [1.807, 2.05) is 31.2 Å². The molecule has 0 fully saturated rings. The van der Waals surface area contributed by atoms with Gasteiger partial charge < -0.3 is 21.1 Å². The van der Waals surface area contributed by atoms with E-state index in [9.17, 15) is 4.79 Å². The van der Waals surface area contributed by atoms with Crippen LogP contribution in [-0.4, -0.2) is 31.6 Å². The van der Waals surface area contributed by atoms with Crippen molar-refractivity contribution in [3.63, 3.8) is 0 Å². The lowest BCUT2D eigenvalue weighted by atomic mass is 10.2. The first-order valence-corrected chi connectivity index (χ1v) is 7.68. The lowest BCUT2D eigenvalue weighted by molar-refractivity contribution is -0.122. The molecule has 1 rings (SSSR count). The number of ether oxygens (including phenoxy) is 1. The van der Waals surface area contributed by atoms with Crippen LogP contribution in [0.2, 0.25) is 0 Å². The molecule has 0 aromatic heterocycles. The number of aliphatic imine (C=N–C) groups is 1. The van der Waals surface area contributed by atoms with E-state index in [1.54, 1.807) is 0 Å². The van der Waals surface area contributed by atoms with Gasteiger partial charge in [-0.3, -0.25) is 4.79 Å². The summed E-state index contributed by atoms with van der Waals surface area (Å²) in [7, 11) is 0. The molecular formula is C16H26N4O2. The lowest BCUT2D eigenvalue weighted by Gasteiger charge is -2.08. The summed E-state index contributed by atoms with van der Waals surface area (Å²) in [6, 6.07) is 7.50. The molecule has 1 amide bonds. The number of carbonyl (C=O) groups excluding carboxylic acids is 1. The summed E-state index contributed by atoms with van der Waals surface area (Å²) in [5.41, 5.74) is 6.77. The van der Waals surface area contributed by atoms with Crippen LogP contribution in [0.25, 0.3) is 0 Å². The Bertz CT molecular complexity index is 489. The predicted octanol–water partition coefficient (Wildman–Crippen LogP) is 1.41. The van der Waals surface area contributed by atoms with E-state index in [2.05, 4.69) is 22.5 Å². The van der Waals surface area contributed by atoms with Gasteiger partial charge >= 0.3 is 0 Å². The van der Waals surface area contributed by atoms with Crippen molar-refractivity contribution in [2.45, 2.75) is 33.2 Å². The van der Waals surface area contributed by atoms with Gasteiger partial charge in [0.25, 0.3) is 5.91 Å². The van der Waals surface area contributed by atoms with E-state index >= 15 is 0 Å². The molecule has 0 unspecified atom stereocenters. The van der Waals surface area contributed by atoms with Crippen LogP contribution in [-0.2, 0) is 11.3 Å². The van der Waals surface area contributed by atoms with E-state index in [0.717, 1.165) is 24.9 Å². The van der Waals surface area contributed by atoms with E-state index < -0.39 is 0 Å². The maximum Gasteiger partial charge on any atom is 0.257 e. The SMILES string of the molecule is CCCCNC(N)=NCc1cccc(OCC(=O)NCC)c1. The van der Waals surface area contributed by atoms with Crippen LogP contribution in [0.1, 0.15) is 32.3 Å². The van der Waals surface area contributed by atoms with Crippen molar-refractivity contribution in [3.05, 3.63) is 29.8 Å². The predicted molar refractivity (Wildman–Crippen MR) is 88.9 cm³/mol. The number of guanidine groups is 1. The lowest BCUT2D eigenvalue weighted by Crippen LogP contribution is -2.32. The molecule has 122 valence electrons. The van der Waals surface area contributed by atoms with E-state index in [4.69, 9.17) is 10.5 Å². The number of nitrogens with zero attached hydrogens (tertiary/aromatic N) is 1. The summed E-state index contributed by atoms with van der Waals surface area (Å²) in [6.07, 6.45) is 2.19. The van der Waals surface area contributed by atoms with E-state index in [-0.39, 0.29) is 12.5 Å². The highest BCUT2D eigenvalue weighted by atomic mass is 16.5. The number of hydrogen-bond acceptors (Lipinski definition) is 3. The van der Waals surface area contributed by atoms with Gasteiger partial charge in [0.2, 0.25) is 0 Å². The van der Waals surface area contributed by atoms with Crippen molar-refractivity contribution in [3.8, 4) is 5.75 Å². The van der Waals surface area contributed by atoms with Gasteiger partial charge in [-0.15, -0.1) is 0 Å². The fourth-order valence-corrected chi connectivity index (χ4v) is 1.76. The Balaban J connectivity index is 2.46. The molecule has 0 aliphatic rings. The normalized spacial score (nSPS) is 11.1. The highest BCUT2D eigenvalue weighted by molar-refractivity contribution is 5.78. The largest absolute Gasteiger partial charge is 0.484 e. The van der Waals surface area contributed by atoms with Crippen LogP contribution < -0.4 is 21.1 Å². The molecule has 6 nitrogen and oxygen atoms in total. The third-order valence-corrected chi connectivity index (χ3v) is 2.91. The van der Waals surface area contributed by atoms with E-state index in [0.29, 0.717) is 24.8 Å². The fraction of sp³-hybridized carbons (Fsp3) is 0.500.